The van der Waals surface area contributed by atoms with Crippen molar-refractivity contribution in [3.05, 3.63) is 52.3 Å². The Morgan fingerprint density at radius 2 is 2.15 bits per heavy atom. The van der Waals surface area contributed by atoms with Gasteiger partial charge in [0.2, 0.25) is 0 Å². The van der Waals surface area contributed by atoms with Crippen LogP contribution in [0, 0.1) is 0 Å². The van der Waals surface area contributed by atoms with Crippen LogP contribution in [0.2, 0.25) is 5.02 Å². The molecule has 1 aliphatic rings. The smallest absolute Gasteiger partial charge is 0.253 e. The van der Waals surface area contributed by atoms with Crippen LogP contribution in [-0.4, -0.2) is 23.0 Å². The number of fused-ring (bicyclic) bond motifs is 1. The predicted octanol–water partition coefficient (Wildman–Crippen LogP) is 4.39. The summed E-state index contributed by atoms with van der Waals surface area (Å²) in [7, 11) is 0. The summed E-state index contributed by atoms with van der Waals surface area (Å²) in [6.45, 7) is 6.68. The number of halogens is 1. The highest BCUT2D eigenvalue weighted by atomic mass is 35.5. The molecule has 3 rings (SSSR count). The number of aromatic nitrogens is 1. The second-order valence-corrected chi connectivity index (χ2v) is 8.88. The quantitative estimate of drug-likeness (QED) is 0.739. The Hall–Kier alpha value is -1.76. The van der Waals surface area contributed by atoms with Crippen molar-refractivity contribution in [2.24, 2.45) is 0 Å². The third-order valence-corrected chi connectivity index (χ3v) is 5.62. The van der Waals surface area contributed by atoms with Crippen LogP contribution in [0.5, 0.6) is 5.75 Å². The zero-order chi connectivity index (χ0) is 19.4. The molecule has 2 heterocycles. The SMILES string of the molecule is CC(C)(C)NC(=O)c1ccc(CSc2c(Cl)ccc3c2CCCNO3)nc1. The van der Waals surface area contributed by atoms with Crippen molar-refractivity contribution < 1.29 is 9.63 Å². The van der Waals surface area contributed by atoms with E-state index in [2.05, 4.69) is 15.8 Å². The number of amides is 1. The van der Waals surface area contributed by atoms with Crippen LogP contribution < -0.4 is 15.6 Å². The summed E-state index contributed by atoms with van der Waals surface area (Å²) in [5.41, 5.74) is 5.28. The van der Waals surface area contributed by atoms with E-state index in [-0.39, 0.29) is 11.4 Å². The van der Waals surface area contributed by atoms with Gasteiger partial charge in [0, 0.05) is 34.5 Å². The van der Waals surface area contributed by atoms with Gasteiger partial charge in [0.05, 0.1) is 16.3 Å². The highest BCUT2D eigenvalue weighted by Gasteiger charge is 2.18. The number of pyridine rings is 1. The van der Waals surface area contributed by atoms with E-state index in [1.807, 2.05) is 45.0 Å². The molecule has 144 valence electrons. The third kappa shape index (κ3) is 5.37. The zero-order valence-electron chi connectivity index (χ0n) is 15.8. The van der Waals surface area contributed by atoms with E-state index in [9.17, 15) is 4.79 Å². The number of rotatable bonds is 4. The molecule has 27 heavy (non-hydrogen) atoms. The fourth-order valence-electron chi connectivity index (χ4n) is 2.74. The van der Waals surface area contributed by atoms with E-state index in [0.29, 0.717) is 11.3 Å². The molecule has 0 aliphatic carbocycles. The molecule has 0 atom stereocenters. The van der Waals surface area contributed by atoms with E-state index in [1.54, 1.807) is 18.0 Å². The standard InChI is InChI=1S/C20H24ClN3O2S/c1-20(2,3)24-19(25)13-6-7-14(22-11-13)12-27-18-15-5-4-10-23-26-17(15)9-8-16(18)21/h6-9,11,23H,4-5,10,12H2,1-3H3,(H,24,25). The van der Waals surface area contributed by atoms with Crippen LogP contribution >= 0.6 is 23.4 Å². The monoisotopic (exact) mass is 405 g/mol. The normalized spacial score (nSPS) is 14.1. The summed E-state index contributed by atoms with van der Waals surface area (Å²) < 4.78 is 0. The van der Waals surface area contributed by atoms with Gasteiger partial charge in [0.25, 0.3) is 5.91 Å². The first-order valence-corrected chi connectivity index (χ1v) is 10.3. The Balaban J connectivity index is 1.70. The summed E-state index contributed by atoms with van der Waals surface area (Å²) in [6, 6.07) is 7.46. The van der Waals surface area contributed by atoms with Gasteiger partial charge < -0.3 is 10.2 Å². The maximum atomic E-state index is 12.2. The largest absolute Gasteiger partial charge is 0.408 e. The van der Waals surface area contributed by atoms with Crippen molar-refractivity contribution in [1.29, 1.82) is 0 Å². The highest BCUT2D eigenvalue weighted by Crippen LogP contribution is 2.38. The summed E-state index contributed by atoms with van der Waals surface area (Å²) in [4.78, 5) is 23.3. The predicted molar refractivity (Wildman–Crippen MR) is 109 cm³/mol. The number of thioether (sulfide) groups is 1. The fraction of sp³-hybridized carbons (Fsp3) is 0.400. The lowest BCUT2D eigenvalue weighted by atomic mass is 10.1. The van der Waals surface area contributed by atoms with Crippen LogP contribution in [0.4, 0.5) is 0 Å². The Labute approximate surface area is 169 Å². The Bertz CT molecular complexity index is 819. The van der Waals surface area contributed by atoms with Crippen molar-refractivity contribution in [2.45, 2.75) is 49.8 Å². The number of hydrogen-bond acceptors (Lipinski definition) is 5. The molecule has 1 aromatic carbocycles. The molecule has 2 aromatic rings. The minimum absolute atomic E-state index is 0.115. The van der Waals surface area contributed by atoms with Gasteiger partial charge in [0.15, 0.2) is 5.75 Å². The van der Waals surface area contributed by atoms with E-state index in [1.165, 1.54) is 0 Å². The lowest BCUT2D eigenvalue weighted by Crippen LogP contribution is -2.40. The van der Waals surface area contributed by atoms with Gasteiger partial charge in [-0.25, -0.2) is 0 Å². The summed E-state index contributed by atoms with van der Waals surface area (Å²) >= 11 is 8.08. The molecule has 2 N–H and O–H groups in total. The lowest BCUT2D eigenvalue weighted by molar-refractivity contribution is 0.0919. The van der Waals surface area contributed by atoms with Crippen LogP contribution in [0.3, 0.4) is 0 Å². The highest BCUT2D eigenvalue weighted by molar-refractivity contribution is 7.98. The molecule has 0 bridgehead atoms. The van der Waals surface area contributed by atoms with Crippen LogP contribution in [0.25, 0.3) is 0 Å². The number of benzene rings is 1. The molecule has 0 fully saturated rings. The second-order valence-electron chi connectivity index (χ2n) is 7.48. The van der Waals surface area contributed by atoms with Crippen molar-refractivity contribution in [2.75, 3.05) is 6.54 Å². The molecule has 0 saturated carbocycles. The minimum Gasteiger partial charge on any atom is -0.408 e. The Morgan fingerprint density at radius 1 is 1.33 bits per heavy atom. The van der Waals surface area contributed by atoms with Gasteiger partial charge in [-0.2, -0.15) is 5.48 Å². The number of carbonyl (C=O) groups excluding carboxylic acids is 1. The molecule has 0 spiro atoms. The van der Waals surface area contributed by atoms with E-state index < -0.39 is 0 Å². The molecule has 1 amide bonds. The molecular weight excluding hydrogens is 382 g/mol. The molecule has 7 heteroatoms. The van der Waals surface area contributed by atoms with Gasteiger partial charge in [-0.1, -0.05) is 11.6 Å². The average molecular weight is 406 g/mol. The van der Waals surface area contributed by atoms with E-state index in [4.69, 9.17) is 16.4 Å². The maximum absolute atomic E-state index is 12.2. The number of nitrogens with one attached hydrogen (secondary N) is 2. The molecule has 0 saturated heterocycles. The van der Waals surface area contributed by atoms with Crippen LogP contribution in [-0.2, 0) is 12.2 Å². The first-order chi connectivity index (χ1) is 12.8. The van der Waals surface area contributed by atoms with Crippen molar-refractivity contribution in [3.8, 4) is 5.75 Å². The summed E-state index contributed by atoms with van der Waals surface area (Å²) in [6.07, 6.45) is 3.54. The first-order valence-electron chi connectivity index (χ1n) is 8.95. The van der Waals surface area contributed by atoms with E-state index in [0.717, 1.165) is 46.3 Å². The summed E-state index contributed by atoms with van der Waals surface area (Å²) in [5.74, 6) is 1.39. The van der Waals surface area contributed by atoms with Crippen molar-refractivity contribution in [1.82, 2.24) is 15.8 Å². The third-order valence-electron chi connectivity index (χ3n) is 4.00. The number of hydroxylamine groups is 1. The number of hydrogen-bond donors (Lipinski definition) is 2. The van der Waals surface area contributed by atoms with Gasteiger partial charge in [-0.05, 0) is 57.9 Å². The number of nitrogens with zero attached hydrogens (tertiary/aromatic N) is 1. The molecule has 1 aliphatic heterocycles. The van der Waals surface area contributed by atoms with Gasteiger partial charge in [-0.3, -0.25) is 9.78 Å². The molecule has 0 unspecified atom stereocenters. The topological polar surface area (TPSA) is 63.2 Å². The lowest BCUT2D eigenvalue weighted by Gasteiger charge is -2.20. The Morgan fingerprint density at radius 3 is 2.85 bits per heavy atom. The van der Waals surface area contributed by atoms with Crippen LogP contribution in [0.1, 0.15) is 48.8 Å². The molecule has 5 nitrogen and oxygen atoms in total. The first kappa shape index (κ1) is 20.0. The minimum atomic E-state index is -0.273. The zero-order valence-corrected chi connectivity index (χ0v) is 17.3. The maximum Gasteiger partial charge on any atom is 0.253 e. The van der Waals surface area contributed by atoms with Crippen LogP contribution in [0.15, 0.2) is 35.4 Å². The van der Waals surface area contributed by atoms with Gasteiger partial charge in [0.1, 0.15) is 0 Å². The van der Waals surface area contributed by atoms with Crippen molar-refractivity contribution >= 4 is 29.3 Å². The van der Waals surface area contributed by atoms with Crippen molar-refractivity contribution in [3.63, 3.8) is 0 Å². The average Bonchev–Trinajstić information content (AvgIpc) is 2.85. The second kappa shape index (κ2) is 8.50. The fourth-order valence-corrected chi connectivity index (χ4v) is 4.13. The Kier molecular flexibility index (Phi) is 6.29. The molecule has 0 radical (unpaired) electrons. The summed E-state index contributed by atoms with van der Waals surface area (Å²) in [5, 5.41) is 3.67. The van der Waals surface area contributed by atoms with Gasteiger partial charge in [-0.15, -0.1) is 11.8 Å². The van der Waals surface area contributed by atoms with Gasteiger partial charge >= 0.3 is 0 Å². The molecular formula is C20H24ClN3O2S. The van der Waals surface area contributed by atoms with E-state index >= 15 is 0 Å². The number of carbonyl (C=O) groups is 1. The molecule has 1 aromatic heterocycles.